The lowest BCUT2D eigenvalue weighted by atomic mass is 10.1. The summed E-state index contributed by atoms with van der Waals surface area (Å²) in [5.74, 6) is 0.812. The van der Waals surface area contributed by atoms with Crippen molar-refractivity contribution in [1.82, 2.24) is 4.57 Å². The number of methoxy groups -OCH3 is 1. The van der Waals surface area contributed by atoms with Gasteiger partial charge in [0.15, 0.2) is 0 Å². The molecular formula is C17H14BrNO2. The Morgan fingerprint density at radius 2 is 1.81 bits per heavy atom. The summed E-state index contributed by atoms with van der Waals surface area (Å²) < 4.78 is 7.76. The van der Waals surface area contributed by atoms with Gasteiger partial charge in [0, 0.05) is 15.9 Å². The molecule has 2 aromatic carbocycles. The number of ether oxygens (including phenoxy) is 1. The van der Waals surface area contributed by atoms with Crippen molar-refractivity contribution in [2.24, 2.45) is 0 Å². The number of halogens is 1. The van der Waals surface area contributed by atoms with E-state index in [1.807, 2.05) is 48.5 Å². The lowest BCUT2D eigenvalue weighted by Gasteiger charge is -2.11. The molecular weight excluding hydrogens is 330 g/mol. The summed E-state index contributed by atoms with van der Waals surface area (Å²) >= 11 is 3.46. The van der Waals surface area contributed by atoms with Gasteiger partial charge in [-0.2, -0.15) is 0 Å². The highest BCUT2D eigenvalue weighted by Gasteiger charge is 2.07. The van der Waals surface area contributed by atoms with Crippen molar-refractivity contribution < 1.29 is 4.74 Å². The Labute approximate surface area is 130 Å². The zero-order chi connectivity index (χ0) is 14.8. The lowest BCUT2D eigenvalue weighted by molar-refractivity contribution is 0.414. The van der Waals surface area contributed by atoms with Crippen LogP contribution in [0.25, 0.3) is 10.9 Å². The Kier molecular flexibility index (Phi) is 3.80. The molecule has 0 saturated carbocycles. The van der Waals surface area contributed by atoms with Crippen LogP contribution in [0.2, 0.25) is 0 Å². The number of benzene rings is 2. The van der Waals surface area contributed by atoms with E-state index >= 15 is 0 Å². The molecule has 0 unspecified atom stereocenters. The number of fused-ring (bicyclic) bond motifs is 1. The van der Waals surface area contributed by atoms with Gasteiger partial charge in [0.1, 0.15) is 5.75 Å². The molecule has 0 N–H and O–H groups in total. The Morgan fingerprint density at radius 1 is 1.10 bits per heavy atom. The first-order chi connectivity index (χ1) is 10.2. The van der Waals surface area contributed by atoms with Gasteiger partial charge in [0.25, 0.3) is 5.56 Å². The van der Waals surface area contributed by atoms with E-state index in [1.54, 1.807) is 17.7 Å². The molecule has 0 fully saturated rings. The van der Waals surface area contributed by atoms with Crippen LogP contribution in [0.15, 0.2) is 63.9 Å². The largest absolute Gasteiger partial charge is 0.497 e. The van der Waals surface area contributed by atoms with Crippen molar-refractivity contribution >= 4 is 26.8 Å². The van der Waals surface area contributed by atoms with Gasteiger partial charge in [-0.05, 0) is 39.7 Å². The van der Waals surface area contributed by atoms with Crippen LogP contribution in [-0.2, 0) is 6.54 Å². The zero-order valence-corrected chi connectivity index (χ0v) is 13.1. The Bertz CT molecular complexity index is 838. The van der Waals surface area contributed by atoms with Crippen molar-refractivity contribution in [1.29, 1.82) is 0 Å². The van der Waals surface area contributed by atoms with E-state index in [9.17, 15) is 4.79 Å². The summed E-state index contributed by atoms with van der Waals surface area (Å²) in [6, 6.07) is 17.3. The molecule has 1 aromatic heterocycles. The molecule has 0 spiro atoms. The third-order valence-corrected chi connectivity index (χ3v) is 4.12. The fourth-order valence-electron chi connectivity index (χ4n) is 2.37. The van der Waals surface area contributed by atoms with Crippen LogP contribution in [0.1, 0.15) is 5.56 Å². The Morgan fingerprint density at radius 3 is 2.52 bits per heavy atom. The van der Waals surface area contributed by atoms with Gasteiger partial charge in [0.05, 0.1) is 19.2 Å². The number of pyridine rings is 1. The smallest absolute Gasteiger partial charge is 0.252 e. The average molecular weight is 344 g/mol. The normalized spacial score (nSPS) is 10.8. The highest BCUT2D eigenvalue weighted by Crippen LogP contribution is 2.22. The van der Waals surface area contributed by atoms with Crippen LogP contribution >= 0.6 is 15.9 Å². The molecule has 3 aromatic rings. The van der Waals surface area contributed by atoms with E-state index in [0.717, 1.165) is 26.7 Å². The molecule has 3 rings (SSSR count). The topological polar surface area (TPSA) is 31.2 Å². The first-order valence-corrected chi connectivity index (χ1v) is 7.39. The number of hydrogen-bond acceptors (Lipinski definition) is 2. The van der Waals surface area contributed by atoms with Crippen LogP contribution in [0.4, 0.5) is 0 Å². The molecule has 0 atom stereocenters. The minimum absolute atomic E-state index is 0.0172. The molecule has 4 heteroatoms. The molecule has 0 aliphatic heterocycles. The molecule has 3 nitrogen and oxygen atoms in total. The SMILES string of the molecule is COc1ccc(Cn2c(=O)cc(Br)c3ccccc32)cc1. The zero-order valence-electron chi connectivity index (χ0n) is 11.5. The summed E-state index contributed by atoms with van der Waals surface area (Å²) in [4.78, 5) is 12.3. The van der Waals surface area contributed by atoms with Crippen LogP contribution in [-0.4, -0.2) is 11.7 Å². The third kappa shape index (κ3) is 2.72. The standard InChI is InChI=1S/C17H14BrNO2/c1-21-13-8-6-12(7-9-13)11-19-16-5-3-2-4-14(16)15(18)10-17(19)20/h2-10H,11H2,1H3. The monoisotopic (exact) mass is 343 g/mol. The summed E-state index contributed by atoms with van der Waals surface area (Å²) in [6.07, 6.45) is 0. The summed E-state index contributed by atoms with van der Waals surface area (Å²) in [5.41, 5.74) is 1.97. The first kappa shape index (κ1) is 13.9. The number of aromatic nitrogens is 1. The molecule has 0 aliphatic carbocycles. The molecule has 0 amide bonds. The van der Waals surface area contributed by atoms with Crippen molar-refractivity contribution in [3.05, 3.63) is 75.0 Å². The van der Waals surface area contributed by atoms with Crippen LogP contribution in [0.5, 0.6) is 5.75 Å². The van der Waals surface area contributed by atoms with E-state index in [0.29, 0.717) is 6.54 Å². The van der Waals surface area contributed by atoms with Gasteiger partial charge >= 0.3 is 0 Å². The van der Waals surface area contributed by atoms with Gasteiger partial charge in [-0.15, -0.1) is 0 Å². The summed E-state index contributed by atoms with van der Waals surface area (Å²) in [7, 11) is 1.64. The predicted octanol–water partition coefficient (Wildman–Crippen LogP) is 3.82. The number of para-hydroxylation sites is 1. The van der Waals surface area contributed by atoms with Crippen molar-refractivity contribution in [2.45, 2.75) is 6.54 Å². The molecule has 21 heavy (non-hydrogen) atoms. The second-order valence-electron chi connectivity index (χ2n) is 4.78. The van der Waals surface area contributed by atoms with E-state index in [4.69, 9.17) is 4.74 Å². The maximum Gasteiger partial charge on any atom is 0.252 e. The molecule has 0 bridgehead atoms. The minimum atomic E-state index is -0.0172. The second-order valence-corrected chi connectivity index (χ2v) is 5.64. The third-order valence-electron chi connectivity index (χ3n) is 3.47. The maximum absolute atomic E-state index is 12.3. The van der Waals surface area contributed by atoms with Crippen LogP contribution in [0.3, 0.4) is 0 Å². The van der Waals surface area contributed by atoms with Gasteiger partial charge in [-0.1, -0.05) is 30.3 Å². The molecule has 1 heterocycles. The fourth-order valence-corrected chi connectivity index (χ4v) is 2.90. The Balaban J connectivity index is 2.09. The molecule has 0 aliphatic rings. The van der Waals surface area contributed by atoms with Crippen molar-refractivity contribution in [3.8, 4) is 5.75 Å². The first-order valence-electron chi connectivity index (χ1n) is 6.60. The number of hydrogen-bond donors (Lipinski definition) is 0. The minimum Gasteiger partial charge on any atom is -0.497 e. The van der Waals surface area contributed by atoms with Gasteiger partial charge in [-0.25, -0.2) is 0 Å². The van der Waals surface area contributed by atoms with E-state index < -0.39 is 0 Å². The molecule has 0 saturated heterocycles. The highest BCUT2D eigenvalue weighted by molar-refractivity contribution is 9.10. The fraction of sp³-hybridized carbons (Fsp3) is 0.118. The van der Waals surface area contributed by atoms with E-state index in [1.165, 1.54) is 0 Å². The highest BCUT2D eigenvalue weighted by atomic mass is 79.9. The maximum atomic E-state index is 12.3. The predicted molar refractivity (Wildman–Crippen MR) is 88.0 cm³/mol. The van der Waals surface area contributed by atoms with E-state index in [-0.39, 0.29) is 5.56 Å². The number of nitrogens with zero attached hydrogens (tertiary/aromatic N) is 1. The van der Waals surface area contributed by atoms with Crippen molar-refractivity contribution in [3.63, 3.8) is 0 Å². The van der Waals surface area contributed by atoms with Crippen LogP contribution < -0.4 is 10.3 Å². The number of rotatable bonds is 3. The quantitative estimate of drug-likeness (QED) is 0.723. The Hall–Kier alpha value is -2.07. The average Bonchev–Trinajstić information content (AvgIpc) is 2.52. The van der Waals surface area contributed by atoms with E-state index in [2.05, 4.69) is 15.9 Å². The van der Waals surface area contributed by atoms with Gasteiger partial charge < -0.3 is 9.30 Å². The van der Waals surface area contributed by atoms with Gasteiger partial charge in [0.2, 0.25) is 0 Å². The van der Waals surface area contributed by atoms with Gasteiger partial charge in [-0.3, -0.25) is 4.79 Å². The summed E-state index contributed by atoms with van der Waals surface area (Å²) in [5, 5.41) is 1.03. The summed E-state index contributed by atoms with van der Waals surface area (Å²) in [6.45, 7) is 0.538. The molecule has 106 valence electrons. The van der Waals surface area contributed by atoms with Crippen molar-refractivity contribution in [2.75, 3.05) is 7.11 Å². The molecule has 0 radical (unpaired) electrons. The second kappa shape index (κ2) is 5.74. The lowest BCUT2D eigenvalue weighted by Crippen LogP contribution is -2.20. The van der Waals surface area contributed by atoms with Crippen LogP contribution in [0, 0.1) is 0 Å².